The molecule has 6 rings (SSSR count). The fraction of sp³-hybridized carbons (Fsp3) is 0.263. The Hall–Kier alpha value is -5.08. The van der Waals surface area contributed by atoms with Crippen LogP contribution in [-0.2, 0) is 11.3 Å². The number of methoxy groups -OCH3 is 1. The normalized spacial score (nSPS) is 15.8. The zero-order valence-corrected chi connectivity index (χ0v) is 26.4. The Morgan fingerprint density at radius 2 is 1.67 bits per heavy atom. The van der Waals surface area contributed by atoms with Crippen LogP contribution in [0.15, 0.2) is 103 Å². The average molecular weight is 617 g/mol. The second-order valence-electron chi connectivity index (χ2n) is 11.7. The van der Waals surface area contributed by atoms with Gasteiger partial charge in [0.25, 0.3) is 11.8 Å². The SMILES string of the molecule is COc1ccc(N2CCN(CCCNC(=O)c3ccc(/C=C4/Oc5ccccc5N(Cc5cccc(C)c5)C4=O)cc3)CC2)cc1. The van der Waals surface area contributed by atoms with Gasteiger partial charge in [0.2, 0.25) is 0 Å². The summed E-state index contributed by atoms with van der Waals surface area (Å²) in [6.45, 7) is 8.00. The summed E-state index contributed by atoms with van der Waals surface area (Å²) >= 11 is 0. The van der Waals surface area contributed by atoms with Crippen molar-refractivity contribution >= 4 is 29.3 Å². The third-order valence-electron chi connectivity index (χ3n) is 8.47. The van der Waals surface area contributed by atoms with E-state index in [9.17, 15) is 9.59 Å². The first kappa shape index (κ1) is 30.9. The lowest BCUT2D eigenvalue weighted by Crippen LogP contribution is -2.47. The van der Waals surface area contributed by atoms with Gasteiger partial charge in [-0.2, -0.15) is 0 Å². The molecule has 1 saturated heterocycles. The monoisotopic (exact) mass is 616 g/mol. The molecule has 0 atom stereocenters. The number of ether oxygens (including phenoxy) is 2. The first-order valence-electron chi connectivity index (χ1n) is 15.8. The van der Waals surface area contributed by atoms with Crippen molar-refractivity contribution in [3.63, 3.8) is 0 Å². The van der Waals surface area contributed by atoms with Gasteiger partial charge in [0.05, 0.1) is 19.3 Å². The summed E-state index contributed by atoms with van der Waals surface area (Å²) in [4.78, 5) is 33.0. The van der Waals surface area contributed by atoms with Crippen molar-refractivity contribution in [3.05, 3.63) is 125 Å². The van der Waals surface area contributed by atoms with E-state index in [0.717, 1.165) is 67.3 Å². The minimum atomic E-state index is -0.204. The predicted molar refractivity (Wildman–Crippen MR) is 182 cm³/mol. The third-order valence-corrected chi connectivity index (χ3v) is 8.47. The topological polar surface area (TPSA) is 74.4 Å². The van der Waals surface area contributed by atoms with Gasteiger partial charge in [-0.05, 0) is 85.6 Å². The van der Waals surface area contributed by atoms with Gasteiger partial charge in [-0.15, -0.1) is 0 Å². The number of carbonyl (C=O) groups is 2. The summed E-state index contributed by atoms with van der Waals surface area (Å²) in [6, 6.07) is 31.2. The van der Waals surface area contributed by atoms with Gasteiger partial charge in [0, 0.05) is 44.0 Å². The van der Waals surface area contributed by atoms with Crippen molar-refractivity contribution in [1.29, 1.82) is 0 Å². The summed E-state index contributed by atoms with van der Waals surface area (Å²) in [5.74, 6) is 1.44. The summed E-state index contributed by atoms with van der Waals surface area (Å²) in [5, 5.41) is 3.05. The summed E-state index contributed by atoms with van der Waals surface area (Å²) in [7, 11) is 1.68. The van der Waals surface area contributed by atoms with Crippen molar-refractivity contribution in [2.75, 3.05) is 56.2 Å². The number of amides is 2. The Morgan fingerprint density at radius 1 is 0.913 bits per heavy atom. The molecular formula is C38H40N4O4. The van der Waals surface area contributed by atoms with Crippen LogP contribution in [0.25, 0.3) is 6.08 Å². The van der Waals surface area contributed by atoms with E-state index in [2.05, 4.69) is 33.3 Å². The Labute approximate surface area is 270 Å². The minimum absolute atomic E-state index is 0.105. The van der Waals surface area contributed by atoms with Gasteiger partial charge in [-0.1, -0.05) is 54.1 Å². The van der Waals surface area contributed by atoms with Crippen LogP contribution in [0.4, 0.5) is 11.4 Å². The second kappa shape index (κ2) is 14.3. The molecular weight excluding hydrogens is 576 g/mol. The van der Waals surface area contributed by atoms with Crippen LogP contribution in [0.1, 0.15) is 33.5 Å². The van der Waals surface area contributed by atoms with Gasteiger partial charge in [-0.3, -0.25) is 19.4 Å². The van der Waals surface area contributed by atoms with Crippen LogP contribution in [0.3, 0.4) is 0 Å². The van der Waals surface area contributed by atoms with E-state index in [-0.39, 0.29) is 17.6 Å². The molecule has 1 N–H and O–H groups in total. The van der Waals surface area contributed by atoms with Crippen LogP contribution in [0, 0.1) is 6.92 Å². The fourth-order valence-electron chi connectivity index (χ4n) is 5.92. The van der Waals surface area contributed by atoms with E-state index in [1.54, 1.807) is 30.2 Å². The maximum Gasteiger partial charge on any atom is 0.294 e. The van der Waals surface area contributed by atoms with Crippen molar-refractivity contribution in [2.24, 2.45) is 0 Å². The summed E-state index contributed by atoms with van der Waals surface area (Å²) < 4.78 is 11.3. The number of benzene rings is 4. The molecule has 46 heavy (non-hydrogen) atoms. The number of para-hydroxylation sites is 2. The van der Waals surface area contributed by atoms with E-state index in [4.69, 9.17) is 9.47 Å². The molecule has 2 aliphatic rings. The number of hydrogen-bond donors (Lipinski definition) is 1. The number of aryl methyl sites for hydroxylation is 1. The molecule has 2 amide bonds. The zero-order valence-electron chi connectivity index (χ0n) is 26.4. The molecule has 4 aromatic carbocycles. The van der Waals surface area contributed by atoms with Crippen LogP contribution in [0.5, 0.6) is 11.5 Å². The van der Waals surface area contributed by atoms with Crippen LogP contribution >= 0.6 is 0 Å². The third kappa shape index (κ3) is 7.41. The van der Waals surface area contributed by atoms with Gasteiger partial charge >= 0.3 is 0 Å². The van der Waals surface area contributed by atoms with Gasteiger partial charge < -0.3 is 19.7 Å². The van der Waals surface area contributed by atoms with Crippen LogP contribution < -0.4 is 24.6 Å². The van der Waals surface area contributed by atoms with E-state index in [1.165, 1.54) is 5.69 Å². The molecule has 0 aromatic heterocycles. The number of piperazine rings is 1. The summed E-state index contributed by atoms with van der Waals surface area (Å²) in [5.41, 5.74) is 5.52. The van der Waals surface area contributed by atoms with Crippen molar-refractivity contribution in [3.8, 4) is 11.5 Å². The Morgan fingerprint density at radius 3 is 2.41 bits per heavy atom. The van der Waals surface area contributed by atoms with E-state index in [1.807, 2.05) is 73.7 Å². The molecule has 236 valence electrons. The molecule has 0 bridgehead atoms. The highest BCUT2D eigenvalue weighted by Crippen LogP contribution is 2.36. The maximum absolute atomic E-state index is 13.6. The van der Waals surface area contributed by atoms with Gasteiger partial charge in [0.15, 0.2) is 11.5 Å². The number of nitrogens with one attached hydrogen (secondary N) is 1. The Kier molecular flexibility index (Phi) is 9.65. The average Bonchev–Trinajstić information content (AvgIpc) is 3.09. The summed E-state index contributed by atoms with van der Waals surface area (Å²) in [6.07, 6.45) is 2.62. The van der Waals surface area contributed by atoms with Crippen molar-refractivity contribution < 1.29 is 19.1 Å². The van der Waals surface area contributed by atoms with Crippen molar-refractivity contribution in [2.45, 2.75) is 19.9 Å². The molecule has 8 heteroatoms. The second-order valence-corrected chi connectivity index (χ2v) is 11.7. The van der Waals surface area contributed by atoms with Crippen LogP contribution in [0.2, 0.25) is 0 Å². The Balaban J connectivity index is 0.997. The predicted octanol–water partition coefficient (Wildman–Crippen LogP) is 5.91. The first-order chi connectivity index (χ1) is 22.5. The highest BCUT2D eigenvalue weighted by Gasteiger charge is 2.30. The smallest absolute Gasteiger partial charge is 0.294 e. The molecule has 0 unspecified atom stereocenters. The lowest BCUT2D eigenvalue weighted by molar-refractivity contribution is -0.117. The minimum Gasteiger partial charge on any atom is -0.497 e. The van der Waals surface area contributed by atoms with E-state index in [0.29, 0.717) is 24.4 Å². The number of hydrogen-bond acceptors (Lipinski definition) is 6. The van der Waals surface area contributed by atoms with Gasteiger partial charge in [-0.25, -0.2) is 0 Å². The molecule has 2 aliphatic heterocycles. The maximum atomic E-state index is 13.6. The number of rotatable bonds is 10. The fourth-order valence-corrected chi connectivity index (χ4v) is 5.92. The lowest BCUT2D eigenvalue weighted by atomic mass is 10.1. The quantitative estimate of drug-likeness (QED) is 0.176. The van der Waals surface area contributed by atoms with E-state index >= 15 is 0 Å². The number of anilines is 2. The molecule has 4 aromatic rings. The molecule has 0 aliphatic carbocycles. The molecule has 0 radical (unpaired) electrons. The van der Waals surface area contributed by atoms with Crippen molar-refractivity contribution in [1.82, 2.24) is 10.2 Å². The molecule has 2 heterocycles. The lowest BCUT2D eigenvalue weighted by Gasteiger charge is -2.36. The van der Waals surface area contributed by atoms with E-state index < -0.39 is 0 Å². The standard InChI is InChI=1S/C38H40N4O4/c1-28-7-5-8-30(25-28)27-42-34-9-3-4-10-35(34)46-36(38(42)44)26-29-11-13-31(14-12-29)37(43)39-19-6-20-40-21-23-41(24-22-40)32-15-17-33(45-2)18-16-32/h3-5,7-18,25-26H,6,19-24,27H2,1-2H3,(H,39,43)/b36-26+. The van der Waals surface area contributed by atoms with Gasteiger partial charge in [0.1, 0.15) is 5.75 Å². The number of nitrogens with zero attached hydrogens (tertiary/aromatic N) is 3. The molecule has 1 fully saturated rings. The molecule has 0 saturated carbocycles. The largest absolute Gasteiger partial charge is 0.497 e. The molecule has 0 spiro atoms. The highest BCUT2D eigenvalue weighted by atomic mass is 16.5. The van der Waals surface area contributed by atoms with Crippen LogP contribution in [-0.4, -0.2) is 63.1 Å². The number of fused-ring (bicyclic) bond motifs is 1. The number of carbonyl (C=O) groups excluding carboxylic acids is 2. The first-order valence-corrected chi connectivity index (χ1v) is 15.8. The molecule has 8 nitrogen and oxygen atoms in total. The highest BCUT2D eigenvalue weighted by molar-refractivity contribution is 6.09. The zero-order chi connectivity index (χ0) is 31.9. The Bertz CT molecular complexity index is 1690.